The second-order valence-corrected chi connectivity index (χ2v) is 5.19. The highest BCUT2D eigenvalue weighted by Crippen LogP contribution is 2.31. The van der Waals surface area contributed by atoms with E-state index in [0.29, 0.717) is 13.0 Å². The number of carbonyl (C=O) groups is 1. The van der Waals surface area contributed by atoms with Gasteiger partial charge in [0.05, 0.1) is 0 Å². The summed E-state index contributed by atoms with van der Waals surface area (Å²) in [5.74, 6) is -1.83. The molecule has 0 saturated carbocycles. The van der Waals surface area contributed by atoms with Crippen molar-refractivity contribution in [3.8, 4) is 11.5 Å². The zero-order valence-corrected chi connectivity index (χ0v) is 12.1. The molecule has 1 aliphatic rings. The maximum Gasteiger partial charge on any atom is 0.335 e. The van der Waals surface area contributed by atoms with Gasteiger partial charge in [0.15, 0.2) is 17.6 Å². The van der Waals surface area contributed by atoms with Crippen LogP contribution in [0.3, 0.4) is 0 Å². The molecule has 0 bridgehead atoms. The van der Waals surface area contributed by atoms with Crippen LogP contribution < -0.4 is 10.5 Å². The van der Waals surface area contributed by atoms with Crippen molar-refractivity contribution in [2.75, 3.05) is 6.54 Å². The van der Waals surface area contributed by atoms with E-state index in [1.807, 2.05) is 0 Å². The van der Waals surface area contributed by atoms with Crippen molar-refractivity contribution in [1.82, 2.24) is 0 Å². The van der Waals surface area contributed by atoms with Crippen LogP contribution in [0.15, 0.2) is 18.2 Å². The van der Waals surface area contributed by atoms with Crippen LogP contribution in [0.4, 0.5) is 0 Å². The highest BCUT2D eigenvalue weighted by Gasteiger charge is 2.48. The fraction of sp³-hybridized carbons (Fsp3) is 0.500. The molecule has 7 N–H and O–H groups in total. The summed E-state index contributed by atoms with van der Waals surface area (Å²) in [4.78, 5) is 11.0. The standard InChI is InChI=1S/C14H19NO8/c15-4-3-6-1-2-7(16)8(5-6)22-14-11(19)9(17)10(18)12(23-14)13(20)21/h1-2,5,9-12,14,16-19H,3-4,15H2,(H,20,21)/t9-,10-,11-,12+,14+/m0/s1. The van der Waals surface area contributed by atoms with Crippen molar-refractivity contribution in [2.45, 2.75) is 37.1 Å². The molecule has 1 heterocycles. The highest BCUT2D eigenvalue weighted by atomic mass is 16.7. The number of aliphatic hydroxyl groups is 3. The molecular formula is C14H19NO8. The average Bonchev–Trinajstić information content (AvgIpc) is 2.50. The van der Waals surface area contributed by atoms with Crippen LogP contribution in [0, 0.1) is 0 Å². The molecular weight excluding hydrogens is 310 g/mol. The minimum Gasteiger partial charge on any atom is -0.504 e. The predicted molar refractivity (Wildman–Crippen MR) is 75.8 cm³/mol. The van der Waals surface area contributed by atoms with Crippen molar-refractivity contribution in [1.29, 1.82) is 0 Å². The molecule has 0 unspecified atom stereocenters. The monoisotopic (exact) mass is 329 g/mol. The van der Waals surface area contributed by atoms with Crippen LogP contribution in [0.25, 0.3) is 0 Å². The van der Waals surface area contributed by atoms with E-state index in [4.69, 9.17) is 20.3 Å². The van der Waals surface area contributed by atoms with Crippen LogP contribution in [-0.2, 0) is 16.0 Å². The molecule has 2 rings (SSSR count). The zero-order chi connectivity index (χ0) is 17.1. The molecule has 0 spiro atoms. The van der Waals surface area contributed by atoms with Gasteiger partial charge in [0.25, 0.3) is 0 Å². The van der Waals surface area contributed by atoms with Gasteiger partial charge in [-0.25, -0.2) is 4.79 Å². The summed E-state index contributed by atoms with van der Waals surface area (Å²) in [7, 11) is 0. The number of rotatable bonds is 5. The molecule has 0 radical (unpaired) electrons. The van der Waals surface area contributed by atoms with Crippen LogP contribution in [0.5, 0.6) is 11.5 Å². The predicted octanol–water partition coefficient (Wildman–Crippen LogP) is -1.84. The van der Waals surface area contributed by atoms with E-state index in [1.54, 1.807) is 6.07 Å². The van der Waals surface area contributed by atoms with E-state index < -0.39 is 36.7 Å². The Morgan fingerprint density at radius 2 is 1.91 bits per heavy atom. The third kappa shape index (κ3) is 3.71. The highest BCUT2D eigenvalue weighted by molar-refractivity contribution is 5.73. The molecule has 0 aromatic heterocycles. The Hall–Kier alpha value is -1.91. The topological polar surface area (TPSA) is 163 Å². The minimum absolute atomic E-state index is 0.0623. The number of hydrogen-bond donors (Lipinski definition) is 6. The molecule has 9 nitrogen and oxygen atoms in total. The number of nitrogens with two attached hydrogens (primary N) is 1. The quantitative estimate of drug-likeness (QED) is 0.364. The van der Waals surface area contributed by atoms with Gasteiger partial charge in [-0.15, -0.1) is 0 Å². The lowest BCUT2D eigenvalue weighted by Gasteiger charge is -2.38. The molecule has 23 heavy (non-hydrogen) atoms. The van der Waals surface area contributed by atoms with Gasteiger partial charge in [0.2, 0.25) is 6.29 Å². The molecule has 0 amide bonds. The number of phenols is 1. The van der Waals surface area contributed by atoms with E-state index in [1.165, 1.54) is 12.1 Å². The molecule has 1 aromatic rings. The Balaban J connectivity index is 2.21. The number of phenolic OH excluding ortho intramolecular Hbond substituents is 1. The van der Waals surface area contributed by atoms with Gasteiger partial charge >= 0.3 is 5.97 Å². The summed E-state index contributed by atoms with van der Waals surface area (Å²) in [5, 5.41) is 48.0. The van der Waals surface area contributed by atoms with Crippen LogP contribution in [0.1, 0.15) is 5.56 Å². The third-order valence-electron chi connectivity index (χ3n) is 3.51. The van der Waals surface area contributed by atoms with Crippen molar-refractivity contribution >= 4 is 5.97 Å². The number of aromatic hydroxyl groups is 1. The Labute approximate surface area is 131 Å². The molecule has 9 heteroatoms. The lowest BCUT2D eigenvalue weighted by molar-refractivity contribution is -0.271. The number of aliphatic carboxylic acids is 1. The van der Waals surface area contributed by atoms with Crippen LogP contribution in [0.2, 0.25) is 0 Å². The molecule has 1 aliphatic heterocycles. The number of hydrogen-bond acceptors (Lipinski definition) is 8. The third-order valence-corrected chi connectivity index (χ3v) is 3.51. The van der Waals surface area contributed by atoms with Gasteiger partial charge in [-0.3, -0.25) is 0 Å². The first kappa shape index (κ1) is 17.4. The summed E-state index contributed by atoms with van der Waals surface area (Å²) >= 11 is 0. The maximum atomic E-state index is 11.0. The fourth-order valence-corrected chi connectivity index (χ4v) is 2.25. The second kappa shape index (κ2) is 7.11. The first-order chi connectivity index (χ1) is 10.8. The van der Waals surface area contributed by atoms with Gasteiger partial charge in [-0.2, -0.15) is 0 Å². The largest absolute Gasteiger partial charge is 0.504 e. The van der Waals surface area contributed by atoms with Crippen LogP contribution >= 0.6 is 0 Å². The number of aliphatic hydroxyl groups excluding tert-OH is 3. The SMILES string of the molecule is NCCc1ccc(O)c(O[C@@H]2O[C@@H](C(=O)O)[C@@H](O)[C@H](O)[C@@H]2O)c1. The Morgan fingerprint density at radius 1 is 1.22 bits per heavy atom. The summed E-state index contributed by atoms with van der Waals surface area (Å²) < 4.78 is 10.3. The Kier molecular flexibility index (Phi) is 5.39. The molecule has 1 saturated heterocycles. The normalized spacial score (nSPS) is 30.9. The van der Waals surface area contributed by atoms with E-state index in [2.05, 4.69) is 0 Å². The molecule has 128 valence electrons. The zero-order valence-electron chi connectivity index (χ0n) is 12.1. The lowest BCUT2D eigenvalue weighted by atomic mass is 9.99. The summed E-state index contributed by atoms with van der Waals surface area (Å²) in [6.45, 7) is 0.374. The summed E-state index contributed by atoms with van der Waals surface area (Å²) in [5.41, 5.74) is 6.20. The van der Waals surface area contributed by atoms with Crippen molar-refractivity contribution in [3.63, 3.8) is 0 Å². The van der Waals surface area contributed by atoms with Gasteiger partial charge in [-0.05, 0) is 30.7 Å². The van der Waals surface area contributed by atoms with Gasteiger partial charge < -0.3 is 40.7 Å². The number of carboxylic acid groups (broad SMARTS) is 1. The minimum atomic E-state index is -1.81. The number of carboxylic acids is 1. The molecule has 1 aromatic carbocycles. The van der Waals surface area contributed by atoms with Gasteiger partial charge in [-0.1, -0.05) is 6.07 Å². The first-order valence-electron chi connectivity index (χ1n) is 6.96. The molecule has 5 atom stereocenters. The van der Waals surface area contributed by atoms with E-state index in [-0.39, 0.29) is 11.5 Å². The van der Waals surface area contributed by atoms with Crippen molar-refractivity contribution < 1.29 is 39.8 Å². The Bertz CT molecular complexity index is 566. The first-order valence-corrected chi connectivity index (χ1v) is 6.96. The van der Waals surface area contributed by atoms with E-state index in [0.717, 1.165) is 5.56 Å². The van der Waals surface area contributed by atoms with E-state index in [9.17, 15) is 25.2 Å². The number of ether oxygens (including phenoxy) is 2. The van der Waals surface area contributed by atoms with Gasteiger partial charge in [0, 0.05) is 0 Å². The summed E-state index contributed by atoms with van der Waals surface area (Å²) in [6.07, 6.45) is -8.10. The molecule has 1 fully saturated rings. The smallest absolute Gasteiger partial charge is 0.335 e. The average molecular weight is 329 g/mol. The molecule has 0 aliphatic carbocycles. The lowest BCUT2D eigenvalue weighted by Crippen LogP contribution is -2.61. The van der Waals surface area contributed by atoms with Crippen molar-refractivity contribution in [3.05, 3.63) is 23.8 Å². The van der Waals surface area contributed by atoms with Gasteiger partial charge in [0.1, 0.15) is 18.3 Å². The van der Waals surface area contributed by atoms with Crippen LogP contribution in [-0.4, -0.2) is 68.8 Å². The number of benzene rings is 1. The Morgan fingerprint density at radius 3 is 2.52 bits per heavy atom. The summed E-state index contributed by atoms with van der Waals surface area (Å²) in [6, 6.07) is 4.45. The van der Waals surface area contributed by atoms with E-state index >= 15 is 0 Å². The second-order valence-electron chi connectivity index (χ2n) is 5.19. The maximum absolute atomic E-state index is 11.0. The van der Waals surface area contributed by atoms with Crippen molar-refractivity contribution in [2.24, 2.45) is 5.73 Å². The fourth-order valence-electron chi connectivity index (χ4n) is 2.25.